The van der Waals surface area contributed by atoms with Crippen molar-refractivity contribution in [1.29, 1.82) is 0 Å². The molecule has 1 heterocycles. The number of likely N-dealkylation sites (N-methyl/N-ethyl adjacent to an activating group) is 1. The molecular weight excluding hydrogens is 314 g/mol. The highest BCUT2D eigenvalue weighted by molar-refractivity contribution is 5.81. The van der Waals surface area contributed by atoms with E-state index in [0.29, 0.717) is 12.5 Å². The minimum absolute atomic E-state index is 0.0388. The summed E-state index contributed by atoms with van der Waals surface area (Å²) in [5.74, 6) is 0.714. The fourth-order valence-corrected chi connectivity index (χ4v) is 3.39. The average Bonchev–Trinajstić information content (AvgIpc) is 2.62. The number of hydrogen-bond acceptors (Lipinski definition) is 4. The molecular formula is C20H33N3O2. The topological polar surface area (TPSA) is 69.8 Å². The summed E-state index contributed by atoms with van der Waals surface area (Å²) in [6.07, 6.45) is 1.66. The third kappa shape index (κ3) is 5.80. The van der Waals surface area contributed by atoms with Crippen molar-refractivity contribution in [2.75, 3.05) is 33.2 Å². The van der Waals surface area contributed by atoms with E-state index in [-0.39, 0.29) is 11.8 Å². The van der Waals surface area contributed by atoms with Gasteiger partial charge >= 0.3 is 0 Å². The predicted molar refractivity (Wildman–Crippen MR) is 101 cm³/mol. The van der Waals surface area contributed by atoms with E-state index in [4.69, 9.17) is 5.73 Å². The summed E-state index contributed by atoms with van der Waals surface area (Å²) in [7, 11) is 1.86. The number of β-amino-alcohol motifs (C(OH)–C–C–N with tert-alkyl or cyclic N) is 1. The fourth-order valence-electron chi connectivity index (χ4n) is 3.39. The molecule has 0 aromatic heterocycles. The van der Waals surface area contributed by atoms with Gasteiger partial charge in [0.1, 0.15) is 0 Å². The molecule has 1 aliphatic heterocycles. The summed E-state index contributed by atoms with van der Waals surface area (Å²) in [5.41, 5.74) is 6.94. The van der Waals surface area contributed by atoms with Crippen molar-refractivity contribution in [2.24, 2.45) is 17.6 Å². The molecule has 1 aromatic carbocycles. The Hall–Kier alpha value is -1.43. The predicted octanol–water partition coefficient (Wildman–Crippen LogP) is 1.87. The molecule has 5 nitrogen and oxygen atoms in total. The number of hydrogen-bond donors (Lipinski definition) is 2. The minimum Gasteiger partial charge on any atom is -0.387 e. The van der Waals surface area contributed by atoms with Gasteiger partial charge in [-0.3, -0.25) is 4.79 Å². The third-order valence-electron chi connectivity index (χ3n) is 5.23. The van der Waals surface area contributed by atoms with E-state index >= 15 is 0 Å². The zero-order valence-corrected chi connectivity index (χ0v) is 15.8. The van der Waals surface area contributed by atoms with Crippen LogP contribution in [0.5, 0.6) is 0 Å². The summed E-state index contributed by atoms with van der Waals surface area (Å²) in [6, 6.07) is 9.40. The van der Waals surface area contributed by atoms with Gasteiger partial charge < -0.3 is 20.6 Å². The van der Waals surface area contributed by atoms with Gasteiger partial charge in [0, 0.05) is 20.1 Å². The molecule has 140 valence electrons. The summed E-state index contributed by atoms with van der Waals surface area (Å²) >= 11 is 0. The Morgan fingerprint density at radius 2 is 1.88 bits per heavy atom. The van der Waals surface area contributed by atoms with Crippen molar-refractivity contribution in [3.05, 3.63) is 35.9 Å². The van der Waals surface area contributed by atoms with E-state index in [1.165, 1.54) is 0 Å². The van der Waals surface area contributed by atoms with Crippen molar-refractivity contribution >= 4 is 5.91 Å². The Morgan fingerprint density at radius 1 is 1.28 bits per heavy atom. The van der Waals surface area contributed by atoms with Crippen LogP contribution in [0.2, 0.25) is 0 Å². The largest absolute Gasteiger partial charge is 0.387 e. The van der Waals surface area contributed by atoms with Crippen LogP contribution in [0.25, 0.3) is 0 Å². The molecule has 0 saturated carbocycles. The van der Waals surface area contributed by atoms with Crippen molar-refractivity contribution < 1.29 is 9.90 Å². The number of benzene rings is 1. The molecule has 0 spiro atoms. The summed E-state index contributed by atoms with van der Waals surface area (Å²) in [4.78, 5) is 16.4. The smallest absolute Gasteiger partial charge is 0.239 e. The Bertz CT molecular complexity index is 527. The van der Waals surface area contributed by atoms with Gasteiger partial charge in [-0.05, 0) is 43.3 Å². The standard InChI is InChI=1S/C20H33N3O2/c1-15(2)19(21)20(25)22(3)13-16-9-11-23(12-10-16)14-18(24)17-7-5-4-6-8-17/h4-8,15-16,18-19,24H,9-14,21H2,1-3H3/t18?,19-/m0/s1. The molecule has 1 fully saturated rings. The highest BCUT2D eigenvalue weighted by Gasteiger charge is 2.26. The zero-order valence-electron chi connectivity index (χ0n) is 15.8. The molecule has 1 amide bonds. The number of carbonyl (C=O) groups is 1. The van der Waals surface area contributed by atoms with Gasteiger partial charge in [0.05, 0.1) is 12.1 Å². The number of aliphatic hydroxyl groups is 1. The Kier molecular flexibility index (Phi) is 7.41. The molecule has 1 aromatic rings. The number of nitrogens with two attached hydrogens (primary N) is 1. The second-order valence-electron chi connectivity index (χ2n) is 7.66. The van der Waals surface area contributed by atoms with E-state index in [1.54, 1.807) is 4.90 Å². The van der Waals surface area contributed by atoms with Gasteiger partial charge in [-0.25, -0.2) is 0 Å². The zero-order chi connectivity index (χ0) is 18.4. The van der Waals surface area contributed by atoms with Crippen LogP contribution in [-0.4, -0.2) is 60.1 Å². The highest BCUT2D eigenvalue weighted by Crippen LogP contribution is 2.21. The van der Waals surface area contributed by atoms with Crippen LogP contribution in [-0.2, 0) is 4.79 Å². The number of piperidine rings is 1. The van der Waals surface area contributed by atoms with Crippen molar-refractivity contribution in [2.45, 2.75) is 38.8 Å². The van der Waals surface area contributed by atoms with Gasteiger partial charge in [0.15, 0.2) is 0 Å². The number of rotatable bonds is 7. The van der Waals surface area contributed by atoms with Gasteiger partial charge in [0.25, 0.3) is 0 Å². The summed E-state index contributed by atoms with van der Waals surface area (Å²) < 4.78 is 0. The molecule has 3 N–H and O–H groups in total. The van der Waals surface area contributed by atoms with Crippen LogP contribution in [0.1, 0.15) is 38.4 Å². The van der Waals surface area contributed by atoms with E-state index < -0.39 is 12.1 Å². The maximum Gasteiger partial charge on any atom is 0.239 e. The lowest BCUT2D eigenvalue weighted by molar-refractivity contribution is -0.133. The van der Waals surface area contributed by atoms with Crippen LogP contribution < -0.4 is 5.73 Å². The molecule has 0 aliphatic carbocycles. The first-order valence-corrected chi connectivity index (χ1v) is 9.34. The average molecular weight is 348 g/mol. The highest BCUT2D eigenvalue weighted by atomic mass is 16.3. The fraction of sp³-hybridized carbons (Fsp3) is 0.650. The first kappa shape index (κ1) is 19.9. The van der Waals surface area contributed by atoms with Gasteiger partial charge in [0.2, 0.25) is 5.91 Å². The molecule has 1 aliphatic rings. The van der Waals surface area contributed by atoms with Crippen LogP contribution >= 0.6 is 0 Å². The SMILES string of the molecule is CC(C)[C@H](N)C(=O)N(C)CC1CCN(CC(O)c2ccccc2)CC1. The van der Waals surface area contributed by atoms with Crippen LogP contribution in [0.4, 0.5) is 0 Å². The second-order valence-corrected chi connectivity index (χ2v) is 7.66. The van der Waals surface area contributed by atoms with E-state index in [0.717, 1.165) is 38.0 Å². The first-order valence-electron chi connectivity index (χ1n) is 9.34. The van der Waals surface area contributed by atoms with Gasteiger partial charge in [-0.2, -0.15) is 0 Å². The minimum atomic E-state index is -0.439. The third-order valence-corrected chi connectivity index (χ3v) is 5.23. The van der Waals surface area contributed by atoms with Crippen LogP contribution in [0.3, 0.4) is 0 Å². The number of carbonyl (C=O) groups excluding carboxylic acids is 1. The number of likely N-dealkylation sites (tertiary alicyclic amines) is 1. The lowest BCUT2D eigenvalue weighted by Gasteiger charge is -2.35. The molecule has 0 radical (unpaired) electrons. The van der Waals surface area contributed by atoms with Crippen molar-refractivity contribution in [3.8, 4) is 0 Å². The normalized spacial score (nSPS) is 19.0. The molecule has 0 bridgehead atoms. The number of aliphatic hydroxyl groups excluding tert-OH is 1. The number of nitrogens with zero attached hydrogens (tertiary/aromatic N) is 2. The quantitative estimate of drug-likeness (QED) is 0.790. The van der Waals surface area contributed by atoms with Gasteiger partial charge in [-0.15, -0.1) is 0 Å². The Balaban J connectivity index is 1.75. The molecule has 5 heteroatoms. The second kappa shape index (κ2) is 9.32. The van der Waals surface area contributed by atoms with Crippen LogP contribution in [0.15, 0.2) is 30.3 Å². The van der Waals surface area contributed by atoms with Gasteiger partial charge in [-0.1, -0.05) is 44.2 Å². The van der Waals surface area contributed by atoms with E-state index in [9.17, 15) is 9.90 Å². The van der Waals surface area contributed by atoms with E-state index in [1.807, 2.05) is 51.2 Å². The maximum absolute atomic E-state index is 12.3. The Morgan fingerprint density at radius 3 is 2.44 bits per heavy atom. The van der Waals surface area contributed by atoms with Crippen molar-refractivity contribution in [1.82, 2.24) is 9.80 Å². The monoisotopic (exact) mass is 347 g/mol. The number of amides is 1. The van der Waals surface area contributed by atoms with Crippen LogP contribution in [0, 0.1) is 11.8 Å². The summed E-state index contributed by atoms with van der Waals surface area (Å²) in [6.45, 7) is 7.33. The maximum atomic E-state index is 12.3. The lowest BCUT2D eigenvalue weighted by atomic mass is 9.95. The molecule has 2 rings (SSSR count). The van der Waals surface area contributed by atoms with E-state index in [2.05, 4.69) is 4.90 Å². The van der Waals surface area contributed by atoms with Crippen molar-refractivity contribution in [3.63, 3.8) is 0 Å². The lowest BCUT2D eigenvalue weighted by Crippen LogP contribution is -2.47. The Labute approximate surface area is 151 Å². The first-order chi connectivity index (χ1) is 11.9. The molecule has 1 saturated heterocycles. The molecule has 25 heavy (non-hydrogen) atoms. The molecule has 2 atom stereocenters. The molecule has 1 unspecified atom stereocenters. The summed E-state index contributed by atoms with van der Waals surface area (Å²) in [5, 5.41) is 10.4.